The third-order valence-electron chi connectivity index (χ3n) is 3.77. The zero-order valence-electron chi connectivity index (χ0n) is 15.2. The molecule has 7 heteroatoms. The van der Waals surface area contributed by atoms with Crippen LogP contribution in [0.3, 0.4) is 0 Å². The topological polar surface area (TPSA) is 56.8 Å². The second-order valence-corrected chi connectivity index (χ2v) is 6.94. The molecule has 0 saturated carbocycles. The monoisotopic (exact) mass is 395 g/mol. The van der Waals surface area contributed by atoms with Gasteiger partial charge in [-0.3, -0.25) is 4.79 Å². The molecule has 0 spiro atoms. The molecule has 1 N–H and O–H groups in total. The van der Waals surface area contributed by atoms with Crippen LogP contribution in [0.5, 0.6) is 17.2 Å². The van der Waals surface area contributed by atoms with Crippen molar-refractivity contribution in [2.75, 3.05) is 32.4 Å². The van der Waals surface area contributed by atoms with Crippen LogP contribution in [-0.2, 0) is 10.5 Å². The van der Waals surface area contributed by atoms with Gasteiger partial charge in [0.1, 0.15) is 5.75 Å². The van der Waals surface area contributed by atoms with Crippen LogP contribution in [0.4, 0.5) is 5.69 Å². The van der Waals surface area contributed by atoms with Crippen molar-refractivity contribution >= 4 is 35.0 Å². The van der Waals surface area contributed by atoms with Gasteiger partial charge < -0.3 is 19.5 Å². The van der Waals surface area contributed by atoms with Gasteiger partial charge in [0.2, 0.25) is 5.91 Å². The number of hydrogen-bond acceptors (Lipinski definition) is 5. The van der Waals surface area contributed by atoms with Crippen molar-refractivity contribution in [3.05, 3.63) is 46.5 Å². The number of carbonyl (C=O) groups excluding carboxylic acids is 1. The molecule has 5 nitrogen and oxygen atoms in total. The lowest BCUT2D eigenvalue weighted by molar-refractivity contribution is -0.113. The van der Waals surface area contributed by atoms with Crippen LogP contribution in [0.25, 0.3) is 0 Å². The predicted octanol–water partition coefficient (Wildman–Crippen LogP) is 4.55. The van der Waals surface area contributed by atoms with E-state index in [0.717, 1.165) is 11.1 Å². The highest BCUT2D eigenvalue weighted by molar-refractivity contribution is 7.99. The lowest BCUT2D eigenvalue weighted by Crippen LogP contribution is -2.15. The van der Waals surface area contributed by atoms with Crippen LogP contribution in [-0.4, -0.2) is 33.0 Å². The zero-order valence-corrected chi connectivity index (χ0v) is 16.8. The number of benzene rings is 2. The Morgan fingerprint density at radius 3 is 2.35 bits per heavy atom. The van der Waals surface area contributed by atoms with Crippen LogP contribution in [0.15, 0.2) is 30.3 Å². The number of halogens is 1. The minimum Gasteiger partial charge on any atom is -0.495 e. The summed E-state index contributed by atoms with van der Waals surface area (Å²) in [6, 6.07) is 8.98. The fraction of sp³-hybridized carbons (Fsp3) is 0.316. The first-order valence-electron chi connectivity index (χ1n) is 7.91. The van der Waals surface area contributed by atoms with Gasteiger partial charge in [0, 0.05) is 10.8 Å². The van der Waals surface area contributed by atoms with Gasteiger partial charge in [-0.1, -0.05) is 11.6 Å². The van der Waals surface area contributed by atoms with E-state index in [1.165, 1.54) is 11.8 Å². The molecule has 1 amide bonds. The summed E-state index contributed by atoms with van der Waals surface area (Å²) in [5.41, 5.74) is 2.75. The average Bonchev–Trinajstić information content (AvgIpc) is 2.62. The smallest absolute Gasteiger partial charge is 0.234 e. The van der Waals surface area contributed by atoms with Crippen molar-refractivity contribution in [1.82, 2.24) is 0 Å². The largest absolute Gasteiger partial charge is 0.495 e. The molecule has 0 aliphatic rings. The highest BCUT2D eigenvalue weighted by atomic mass is 35.5. The maximum atomic E-state index is 12.2. The Labute approximate surface area is 163 Å². The molecular formula is C19H22ClNO4S. The fourth-order valence-corrected chi connectivity index (χ4v) is 3.46. The first kappa shape index (κ1) is 20.3. The molecule has 2 rings (SSSR count). The Hall–Kier alpha value is -2.05. The predicted molar refractivity (Wildman–Crippen MR) is 107 cm³/mol. The second kappa shape index (κ2) is 9.59. The normalized spacial score (nSPS) is 10.3. The number of amides is 1. The quantitative estimate of drug-likeness (QED) is 0.710. The molecular weight excluding hydrogens is 374 g/mol. The summed E-state index contributed by atoms with van der Waals surface area (Å²) < 4.78 is 15.9. The van der Waals surface area contributed by atoms with Gasteiger partial charge in [-0.05, 0) is 48.4 Å². The molecule has 0 aliphatic carbocycles. The molecule has 0 unspecified atom stereocenters. The molecule has 0 aromatic heterocycles. The zero-order chi connectivity index (χ0) is 19.1. The van der Waals surface area contributed by atoms with Crippen molar-refractivity contribution in [3.8, 4) is 17.2 Å². The second-order valence-electron chi connectivity index (χ2n) is 5.52. The molecule has 140 valence electrons. The summed E-state index contributed by atoms with van der Waals surface area (Å²) in [4.78, 5) is 12.2. The van der Waals surface area contributed by atoms with Gasteiger partial charge in [0.15, 0.2) is 11.5 Å². The van der Waals surface area contributed by atoms with Crippen molar-refractivity contribution in [3.63, 3.8) is 0 Å². The minimum atomic E-state index is -0.117. The maximum absolute atomic E-state index is 12.2. The minimum absolute atomic E-state index is 0.117. The molecule has 2 aromatic carbocycles. The van der Waals surface area contributed by atoms with Gasteiger partial charge in [-0.15, -0.1) is 11.8 Å². The third kappa shape index (κ3) is 5.22. The first-order valence-corrected chi connectivity index (χ1v) is 9.44. The fourth-order valence-electron chi connectivity index (χ4n) is 2.40. The standard InChI is InChI=1S/C19H22ClNO4S/c1-12-7-17(24-3)18(25-4)8-13(12)10-26-11-19(22)21-15-9-14(20)5-6-16(15)23-2/h5-9H,10-11H2,1-4H3,(H,21,22). The highest BCUT2D eigenvalue weighted by Gasteiger charge is 2.11. The Kier molecular flexibility index (Phi) is 7.48. The number of anilines is 1. The summed E-state index contributed by atoms with van der Waals surface area (Å²) in [5, 5.41) is 3.37. The summed E-state index contributed by atoms with van der Waals surface area (Å²) in [6.07, 6.45) is 0. The lowest BCUT2D eigenvalue weighted by Gasteiger charge is -2.13. The number of methoxy groups -OCH3 is 3. The molecule has 2 aromatic rings. The Morgan fingerprint density at radius 1 is 1.04 bits per heavy atom. The van der Waals surface area contributed by atoms with Gasteiger partial charge in [0.05, 0.1) is 32.8 Å². The third-order valence-corrected chi connectivity index (χ3v) is 4.98. The van der Waals surface area contributed by atoms with Gasteiger partial charge in [-0.2, -0.15) is 0 Å². The number of hydrogen-bond donors (Lipinski definition) is 1. The van der Waals surface area contributed by atoms with Crippen LogP contribution in [0.1, 0.15) is 11.1 Å². The van der Waals surface area contributed by atoms with Crippen LogP contribution >= 0.6 is 23.4 Å². The number of nitrogens with one attached hydrogen (secondary N) is 1. The van der Waals surface area contributed by atoms with Crippen LogP contribution in [0, 0.1) is 6.92 Å². The van der Waals surface area contributed by atoms with E-state index in [-0.39, 0.29) is 5.91 Å². The van der Waals surface area contributed by atoms with Crippen molar-refractivity contribution in [2.45, 2.75) is 12.7 Å². The van der Waals surface area contributed by atoms with E-state index in [0.29, 0.717) is 39.5 Å². The summed E-state index contributed by atoms with van der Waals surface area (Å²) >= 11 is 7.49. The van der Waals surface area contributed by atoms with Gasteiger partial charge >= 0.3 is 0 Å². The van der Waals surface area contributed by atoms with Crippen LogP contribution < -0.4 is 19.5 Å². The molecule has 0 heterocycles. The Balaban J connectivity index is 1.96. The van der Waals surface area contributed by atoms with E-state index in [4.69, 9.17) is 25.8 Å². The molecule has 0 aliphatic heterocycles. The lowest BCUT2D eigenvalue weighted by atomic mass is 10.1. The van der Waals surface area contributed by atoms with Crippen molar-refractivity contribution in [1.29, 1.82) is 0 Å². The summed E-state index contributed by atoms with van der Waals surface area (Å²) in [6.45, 7) is 2.01. The summed E-state index contributed by atoms with van der Waals surface area (Å²) in [5.74, 6) is 2.83. The van der Waals surface area contributed by atoms with E-state index >= 15 is 0 Å². The number of aryl methyl sites for hydroxylation is 1. The first-order chi connectivity index (χ1) is 12.5. The molecule has 0 atom stereocenters. The van der Waals surface area contributed by atoms with Crippen molar-refractivity contribution in [2.24, 2.45) is 0 Å². The maximum Gasteiger partial charge on any atom is 0.234 e. The molecule has 26 heavy (non-hydrogen) atoms. The van der Waals surface area contributed by atoms with Gasteiger partial charge in [-0.25, -0.2) is 0 Å². The van der Waals surface area contributed by atoms with E-state index in [1.807, 2.05) is 19.1 Å². The number of carbonyl (C=O) groups is 1. The van der Waals surface area contributed by atoms with E-state index in [9.17, 15) is 4.79 Å². The van der Waals surface area contributed by atoms with Gasteiger partial charge in [0.25, 0.3) is 0 Å². The average molecular weight is 396 g/mol. The van der Waals surface area contributed by atoms with Crippen LogP contribution in [0.2, 0.25) is 5.02 Å². The number of rotatable bonds is 8. The number of ether oxygens (including phenoxy) is 3. The SMILES string of the molecule is COc1ccc(Cl)cc1NC(=O)CSCc1cc(OC)c(OC)cc1C. The van der Waals surface area contributed by atoms with E-state index < -0.39 is 0 Å². The van der Waals surface area contributed by atoms with E-state index in [1.54, 1.807) is 39.5 Å². The molecule has 0 bridgehead atoms. The van der Waals surface area contributed by atoms with E-state index in [2.05, 4.69) is 5.32 Å². The Bertz CT molecular complexity index is 782. The Morgan fingerprint density at radius 2 is 1.69 bits per heavy atom. The summed E-state index contributed by atoms with van der Waals surface area (Å²) in [7, 11) is 4.77. The molecule has 0 saturated heterocycles. The highest BCUT2D eigenvalue weighted by Crippen LogP contribution is 2.32. The number of thioether (sulfide) groups is 1. The molecule has 0 radical (unpaired) electrons. The van der Waals surface area contributed by atoms with Crippen molar-refractivity contribution < 1.29 is 19.0 Å². The molecule has 0 fully saturated rings.